The van der Waals surface area contributed by atoms with Crippen molar-refractivity contribution in [2.24, 2.45) is 0 Å². The molecule has 0 bridgehead atoms. The molecular weight excluding hydrogens is 269 g/mol. The van der Waals surface area contributed by atoms with E-state index in [1.807, 2.05) is 24.3 Å². The van der Waals surface area contributed by atoms with Gasteiger partial charge in [-0.15, -0.1) is 0 Å². The van der Waals surface area contributed by atoms with Crippen LogP contribution in [0.5, 0.6) is 5.75 Å². The standard InChI is InChI=1S/C17H20FNO2/c18-17-8-2-1-6-15(17)13-21-16-7-3-5-14(11-16)12-19-9-4-10-20/h1-3,5-8,11,19-20H,4,9-10,12-13H2. The third-order valence-corrected chi connectivity index (χ3v) is 3.09. The molecule has 21 heavy (non-hydrogen) atoms. The van der Waals surface area contributed by atoms with E-state index < -0.39 is 0 Å². The van der Waals surface area contributed by atoms with Crippen LogP contribution in [0, 0.1) is 5.82 Å². The first-order chi connectivity index (χ1) is 10.3. The highest BCUT2D eigenvalue weighted by Gasteiger charge is 2.02. The molecule has 2 N–H and O–H groups in total. The molecular formula is C17H20FNO2. The highest BCUT2D eigenvalue weighted by Crippen LogP contribution is 2.16. The average Bonchev–Trinajstić information content (AvgIpc) is 2.51. The lowest BCUT2D eigenvalue weighted by Crippen LogP contribution is -2.15. The summed E-state index contributed by atoms with van der Waals surface area (Å²) in [5.74, 6) is 0.471. The number of nitrogens with one attached hydrogen (secondary N) is 1. The maximum absolute atomic E-state index is 13.5. The monoisotopic (exact) mass is 289 g/mol. The molecule has 0 spiro atoms. The van der Waals surface area contributed by atoms with Crippen LogP contribution in [0.2, 0.25) is 0 Å². The molecule has 0 saturated carbocycles. The predicted molar refractivity (Wildman–Crippen MR) is 80.6 cm³/mol. The molecule has 0 heterocycles. The van der Waals surface area contributed by atoms with Gasteiger partial charge in [0.25, 0.3) is 0 Å². The lowest BCUT2D eigenvalue weighted by Gasteiger charge is -2.09. The van der Waals surface area contributed by atoms with Gasteiger partial charge in [-0.1, -0.05) is 30.3 Å². The third-order valence-electron chi connectivity index (χ3n) is 3.09. The Kier molecular flexibility index (Phi) is 6.19. The predicted octanol–water partition coefficient (Wildman–Crippen LogP) is 2.88. The van der Waals surface area contributed by atoms with E-state index >= 15 is 0 Å². The molecule has 2 rings (SSSR count). The van der Waals surface area contributed by atoms with E-state index in [-0.39, 0.29) is 19.0 Å². The van der Waals surface area contributed by atoms with Crippen LogP contribution in [0.3, 0.4) is 0 Å². The fourth-order valence-corrected chi connectivity index (χ4v) is 1.96. The van der Waals surface area contributed by atoms with Gasteiger partial charge in [-0.05, 0) is 36.7 Å². The van der Waals surface area contributed by atoms with E-state index in [0.29, 0.717) is 5.56 Å². The molecule has 2 aromatic carbocycles. The number of halogens is 1. The number of hydrogen-bond acceptors (Lipinski definition) is 3. The molecule has 0 aliphatic rings. The van der Waals surface area contributed by atoms with Crippen LogP contribution < -0.4 is 10.1 Å². The summed E-state index contributed by atoms with van der Waals surface area (Å²) in [5.41, 5.74) is 1.64. The van der Waals surface area contributed by atoms with Gasteiger partial charge in [-0.3, -0.25) is 0 Å². The van der Waals surface area contributed by atoms with Crippen LogP contribution in [-0.2, 0) is 13.2 Å². The lowest BCUT2D eigenvalue weighted by atomic mass is 10.2. The molecule has 0 saturated heterocycles. The zero-order chi connectivity index (χ0) is 14.9. The smallest absolute Gasteiger partial charge is 0.129 e. The maximum Gasteiger partial charge on any atom is 0.129 e. The van der Waals surface area contributed by atoms with Crippen LogP contribution in [0.4, 0.5) is 4.39 Å². The minimum atomic E-state index is -0.251. The van der Waals surface area contributed by atoms with Crippen molar-refractivity contribution in [2.75, 3.05) is 13.2 Å². The van der Waals surface area contributed by atoms with Crippen molar-refractivity contribution in [3.63, 3.8) is 0 Å². The van der Waals surface area contributed by atoms with Gasteiger partial charge in [0.05, 0.1) is 0 Å². The minimum Gasteiger partial charge on any atom is -0.489 e. The highest BCUT2D eigenvalue weighted by atomic mass is 19.1. The Morgan fingerprint density at radius 1 is 1.10 bits per heavy atom. The number of hydrogen-bond donors (Lipinski definition) is 2. The van der Waals surface area contributed by atoms with Crippen molar-refractivity contribution in [3.8, 4) is 5.75 Å². The lowest BCUT2D eigenvalue weighted by molar-refractivity contribution is 0.286. The Morgan fingerprint density at radius 3 is 2.76 bits per heavy atom. The normalized spacial score (nSPS) is 10.6. The van der Waals surface area contributed by atoms with E-state index in [1.165, 1.54) is 6.07 Å². The summed E-state index contributed by atoms with van der Waals surface area (Å²) in [7, 11) is 0. The number of benzene rings is 2. The first-order valence-electron chi connectivity index (χ1n) is 7.06. The van der Waals surface area contributed by atoms with Gasteiger partial charge in [0.2, 0.25) is 0 Å². The minimum absolute atomic E-state index is 0.193. The zero-order valence-electron chi connectivity index (χ0n) is 11.9. The molecule has 0 amide bonds. The van der Waals surface area contributed by atoms with Crippen molar-refractivity contribution in [2.45, 2.75) is 19.6 Å². The van der Waals surface area contributed by atoms with Gasteiger partial charge in [0, 0.05) is 18.7 Å². The zero-order valence-corrected chi connectivity index (χ0v) is 11.9. The second-order valence-corrected chi connectivity index (χ2v) is 4.78. The van der Waals surface area contributed by atoms with E-state index in [0.717, 1.165) is 30.8 Å². The number of aliphatic hydroxyl groups is 1. The summed E-state index contributed by atoms with van der Waals surface area (Å²) in [6.45, 7) is 1.90. The van der Waals surface area contributed by atoms with Crippen molar-refractivity contribution < 1.29 is 14.2 Å². The van der Waals surface area contributed by atoms with Crippen molar-refractivity contribution in [1.82, 2.24) is 5.32 Å². The molecule has 0 aliphatic heterocycles. The van der Waals surface area contributed by atoms with E-state index in [2.05, 4.69) is 5.32 Å². The van der Waals surface area contributed by atoms with Crippen molar-refractivity contribution >= 4 is 0 Å². The second-order valence-electron chi connectivity index (χ2n) is 4.78. The van der Waals surface area contributed by atoms with Crippen LogP contribution in [0.25, 0.3) is 0 Å². The van der Waals surface area contributed by atoms with Crippen LogP contribution in [0.1, 0.15) is 17.5 Å². The maximum atomic E-state index is 13.5. The summed E-state index contributed by atoms with van der Waals surface area (Å²) < 4.78 is 19.1. The summed E-state index contributed by atoms with van der Waals surface area (Å²) in [6, 6.07) is 14.3. The fraction of sp³-hybridized carbons (Fsp3) is 0.294. The molecule has 0 unspecified atom stereocenters. The fourth-order valence-electron chi connectivity index (χ4n) is 1.96. The molecule has 4 heteroatoms. The van der Waals surface area contributed by atoms with Gasteiger partial charge in [0.1, 0.15) is 18.2 Å². The van der Waals surface area contributed by atoms with Crippen LogP contribution in [-0.4, -0.2) is 18.3 Å². The van der Waals surface area contributed by atoms with Gasteiger partial charge in [0.15, 0.2) is 0 Å². The summed E-state index contributed by atoms with van der Waals surface area (Å²) in [4.78, 5) is 0. The number of rotatable bonds is 8. The second kappa shape index (κ2) is 8.39. The third kappa shape index (κ3) is 5.17. The van der Waals surface area contributed by atoms with Gasteiger partial charge < -0.3 is 15.2 Å². The Bertz CT molecular complexity index is 560. The number of aliphatic hydroxyl groups excluding tert-OH is 1. The van der Waals surface area contributed by atoms with E-state index in [9.17, 15) is 4.39 Å². The highest BCUT2D eigenvalue weighted by molar-refractivity contribution is 5.29. The van der Waals surface area contributed by atoms with Gasteiger partial charge in [-0.2, -0.15) is 0 Å². The molecule has 0 radical (unpaired) electrons. The largest absolute Gasteiger partial charge is 0.489 e. The van der Waals surface area contributed by atoms with Crippen molar-refractivity contribution in [1.29, 1.82) is 0 Å². The molecule has 0 aromatic heterocycles. The average molecular weight is 289 g/mol. The SMILES string of the molecule is OCCCNCc1cccc(OCc2ccccc2F)c1. The first kappa shape index (κ1) is 15.5. The number of ether oxygens (including phenoxy) is 1. The molecule has 2 aromatic rings. The topological polar surface area (TPSA) is 41.5 Å². The van der Waals surface area contributed by atoms with Crippen LogP contribution >= 0.6 is 0 Å². The molecule has 0 aliphatic carbocycles. The molecule has 112 valence electrons. The van der Waals surface area contributed by atoms with Crippen molar-refractivity contribution in [3.05, 3.63) is 65.5 Å². The van der Waals surface area contributed by atoms with E-state index in [1.54, 1.807) is 18.2 Å². The molecule has 3 nitrogen and oxygen atoms in total. The Balaban J connectivity index is 1.87. The Morgan fingerprint density at radius 2 is 1.95 bits per heavy atom. The van der Waals surface area contributed by atoms with Crippen LogP contribution in [0.15, 0.2) is 48.5 Å². The first-order valence-corrected chi connectivity index (χ1v) is 7.06. The summed E-state index contributed by atoms with van der Waals surface area (Å²) >= 11 is 0. The Labute approximate surface area is 124 Å². The van der Waals surface area contributed by atoms with Gasteiger partial charge >= 0.3 is 0 Å². The quantitative estimate of drug-likeness (QED) is 0.734. The van der Waals surface area contributed by atoms with E-state index in [4.69, 9.17) is 9.84 Å². The van der Waals surface area contributed by atoms with Gasteiger partial charge in [-0.25, -0.2) is 4.39 Å². The Hall–Kier alpha value is -1.91. The molecule has 0 fully saturated rings. The molecule has 0 atom stereocenters. The summed E-state index contributed by atoms with van der Waals surface area (Å²) in [6.07, 6.45) is 0.740. The summed E-state index contributed by atoms with van der Waals surface area (Å²) in [5, 5.41) is 12.0.